The second kappa shape index (κ2) is 8.99. The third-order valence-corrected chi connectivity index (χ3v) is 8.15. The van der Waals surface area contributed by atoms with Crippen molar-refractivity contribution in [2.24, 2.45) is 5.92 Å². The molecular weight excluding hydrogens is 467 g/mol. The molecule has 0 bridgehead atoms. The lowest BCUT2D eigenvalue weighted by atomic mass is 9.70. The van der Waals surface area contributed by atoms with Gasteiger partial charge in [-0.05, 0) is 85.4 Å². The van der Waals surface area contributed by atoms with Crippen molar-refractivity contribution in [3.8, 4) is 11.3 Å². The fraction of sp³-hybridized carbons (Fsp3) is 0.417. The first kappa shape index (κ1) is 23.3. The van der Waals surface area contributed by atoms with Crippen molar-refractivity contribution in [1.29, 1.82) is 0 Å². The van der Waals surface area contributed by atoms with Gasteiger partial charge in [0.25, 0.3) is 10.2 Å². The summed E-state index contributed by atoms with van der Waals surface area (Å²) in [6, 6.07) is 7.45. The lowest BCUT2D eigenvalue weighted by Gasteiger charge is -2.36. The van der Waals surface area contributed by atoms with E-state index in [1.54, 1.807) is 12.1 Å². The van der Waals surface area contributed by atoms with E-state index in [0.717, 1.165) is 18.1 Å². The topological polar surface area (TPSA) is 94.2 Å². The van der Waals surface area contributed by atoms with E-state index in [-0.39, 0.29) is 23.9 Å². The van der Waals surface area contributed by atoms with Crippen LogP contribution in [0, 0.1) is 23.4 Å². The molecule has 1 aromatic heterocycles. The van der Waals surface area contributed by atoms with Gasteiger partial charge in [0.05, 0.1) is 17.3 Å². The highest BCUT2D eigenvalue weighted by Crippen LogP contribution is 2.48. The van der Waals surface area contributed by atoms with Gasteiger partial charge in [0.1, 0.15) is 17.5 Å². The van der Waals surface area contributed by atoms with E-state index < -0.39 is 39.8 Å². The summed E-state index contributed by atoms with van der Waals surface area (Å²) in [6.07, 6.45) is 2.56. The number of H-pyrrole nitrogens is 1. The zero-order valence-electron chi connectivity index (χ0n) is 18.3. The van der Waals surface area contributed by atoms with Crippen LogP contribution in [-0.2, 0) is 10.2 Å². The van der Waals surface area contributed by atoms with Crippen LogP contribution < -0.4 is 9.44 Å². The summed E-state index contributed by atoms with van der Waals surface area (Å²) in [7, 11) is -3.74. The smallest absolute Gasteiger partial charge is 0.277 e. The molecule has 182 valence electrons. The zero-order chi connectivity index (χ0) is 24.0. The Bertz CT molecular complexity index is 1300. The third kappa shape index (κ3) is 4.59. The Morgan fingerprint density at radius 1 is 1.03 bits per heavy atom. The fourth-order valence-electron chi connectivity index (χ4n) is 5.19. The normalized spacial score (nSPS) is 25.1. The molecule has 2 fully saturated rings. The average Bonchev–Trinajstić information content (AvgIpc) is 3.31. The van der Waals surface area contributed by atoms with Crippen molar-refractivity contribution in [2.45, 2.75) is 50.2 Å². The molecule has 2 aliphatic carbocycles. The Kier molecular flexibility index (Phi) is 6.18. The van der Waals surface area contributed by atoms with Crippen LogP contribution in [0.1, 0.15) is 43.6 Å². The number of halogens is 3. The summed E-state index contributed by atoms with van der Waals surface area (Å²) in [5.41, 5.74) is 2.22. The van der Waals surface area contributed by atoms with Crippen molar-refractivity contribution in [2.75, 3.05) is 6.54 Å². The molecule has 0 amide bonds. The van der Waals surface area contributed by atoms with E-state index in [1.807, 2.05) is 0 Å². The van der Waals surface area contributed by atoms with Gasteiger partial charge in [0.2, 0.25) is 0 Å². The van der Waals surface area contributed by atoms with Crippen LogP contribution in [0.5, 0.6) is 0 Å². The van der Waals surface area contributed by atoms with Gasteiger partial charge in [-0.15, -0.1) is 0 Å². The number of aromatic amines is 1. The van der Waals surface area contributed by atoms with Crippen LogP contribution >= 0.6 is 0 Å². The van der Waals surface area contributed by atoms with E-state index in [0.29, 0.717) is 42.3 Å². The molecule has 2 aromatic carbocycles. The maximum Gasteiger partial charge on any atom is 0.277 e. The number of hydrogen-bond acceptors (Lipinski definition) is 3. The van der Waals surface area contributed by atoms with Gasteiger partial charge < -0.3 is 10.1 Å². The number of aliphatic hydroxyl groups is 1. The number of nitrogens with one attached hydrogen (secondary N) is 3. The molecule has 10 heteroatoms. The van der Waals surface area contributed by atoms with Crippen molar-refractivity contribution in [3.63, 3.8) is 0 Å². The Morgan fingerprint density at radius 3 is 2.44 bits per heavy atom. The largest absolute Gasteiger partial charge is 0.391 e. The number of benzene rings is 2. The third-order valence-electron chi connectivity index (χ3n) is 6.99. The molecule has 2 atom stereocenters. The van der Waals surface area contributed by atoms with Gasteiger partial charge in [0.15, 0.2) is 0 Å². The second-order valence-electron chi connectivity index (χ2n) is 9.34. The van der Waals surface area contributed by atoms with E-state index in [1.165, 1.54) is 18.2 Å². The summed E-state index contributed by atoms with van der Waals surface area (Å²) in [6.45, 7) is 0.228. The Labute approximate surface area is 195 Å². The average molecular weight is 494 g/mol. The molecule has 0 radical (unpaired) electrons. The minimum absolute atomic E-state index is 0.0332. The van der Waals surface area contributed by atoms with Crippen molar-refractivity contribution in [1.82, 2.24) is 14.4 Å². The lowest BCUT2D eigenvalue weighted by Crippen LogP contribution is -2.47. The molecule has 34 heavy (non-hydrogen) atoms. The van der Waals surface area contributed by atoms with E-state index in [2.05, 4.69) is 14.4 Å². The van der Waals surface area contributed by atoms with Crippen LogP contribution in [0.25, 0.3) is 22.2 Å². The van der Waals surface area contributed by atoms with Crippen molar-refractivity contribution >= 4 is 21.1 Å². The van der Waals surface area contributed by atoms with Crippen LogP contribution in [0.2, 0.25) is 0 Å². The quantitative estimate of drug-likeness (QED) is 0.400. The van der Waals surface area contributed by atoms with Crippen LogP contribution in [-0.4, -0.2) is 37.2 Å². The number of hydrogen-bond donors (Lipinski definition) is 4. The summed E-state index contributed by atoms with van der Waals surface area (Å²) in [5.74, 6) is -1.75. The molecule has 5 rings (SSSR count). The first-order valence-corrected chi connectivity index (χ1v) is 12.9. The Balaban J connectivity index is 1.33. The molecule has 2 saturated carbocycles. The number of aliphatic hydroxyl groups excluding tert-OH is 1. The SMILES string of the molecule is O=S(=O)(NCC1CC(c2c(-c3ccc(F)cc3)[nH]c3c(F)cc(F)cc23)C1)N[C@@H]1CCC[C@@H]1O. The summed E-state index contributed by atoms with van der Waals surface area (Å²) >= 11 is 0. The Morgan fingerprint density at radius 2 is 1.76 bits per heavy atom. The van der Waals surface area contributed by atoms with Gasteiger partial charge in [-0.1, -0.05) is 0 Å². The first-order valence-electron chi connectivity index (χ1n) is 11.4. The standard InChI is InChI=1S/C24H26F3N3O3S/c25-16-6-4-14(5-7-16)23-22(18-10-17(26)11-19(27)24(18)29-23)15-8-13(9-15)12-28-34(32,33)30-20-2-1-3-21(20)31/h4-7,10-11,13,15,20-21,28-31H,1-3,8-9,12H2/t13?,15?,20-,21+/m1/s1. The summed E-state index contributed by atoms with van der Waals surface area (Å²) < 4.78 is 71.8. The molecule has 3 aromatic rings. The maximum absolute atomic E-state index is 14.5. The summed E-state index contributed by atoms with van der Waals surface area (Å²) in [4.78, 5) is 3.05. The van der Waals surface area contributed by atoms with Crippen LogP contribution in [0.3, 0.4) is 0 Å². The van der Waals surface area contributed by atoms with E-state index in [9.17, 15) is 26.7 Å². The molecule has 4 N–H and O–H groups in total. The minimum atomic E-state index is -3.74. The van der Waals surface area contributed by atoms with Crippen LogP contribution in [0.15, 0.2) is 36.4 Å². The fourth-order valence-corrected chi connectivity index (χ4v) is 6.40. The molecule has 6 nitrogen and oxygen atoms in total. The Hall–Kier alpha value is -2.40. The van der Waals surface area contributed by atoms with Crippen LogP contribution in [0.4, 0.5) is 13.2 Å². The lowest BCUT2D eigenvalue weighted by molar-refractivity contribution is 0.158. The van der Waals surface area contributed by atoms with Gasteiger partial charge in [0, 0.05) is 24.0 Å². The predicted octanol–water partition coefficient (Wildman–Crippen LogP) is 4.08. The maximum atomic E-state index is 14.5. The number of rotatable bonds is 7. The van der Waals surface area contributed by atoms with Gasteiger partial charge in [-0.2, -0.15) is 13.1 Å². The molecule has 2 aliphatic rings. The van der Waals surface area contributed by atoms with E-state index in [4.69, 9.17) is 0 Å². The number of fused-ring (bicyclic) bond motifs is 1. The first-order chi connectivity index (χ1) is 16.2. The highest BCUT2D eigenvalue weighted by Gasteiger charge is 2.36. The highest BCUT2D eigenvalue weighted by molar-refractivity contribution is 7.87. The summed E-state index contributed by atoms with van der Waals surface area (Å²) in [5, 5.41) is 10.3. The number of aromatic nitrogens is 1. The zero-order valence-corrected chi connectivity index (χ0v) is 19.1. The second-order valence-corrected chi connectivity index (χ2v) is 10.9. The molecule has 0 saturated heterocycles. The minimum Gasteiger partial charge on any atom is -0.391 e. The molecular formula is C24H26F3N3O3S. The monoisotopic (exact) mass is 493 g/mol. The highest BCUT2D eigenvalue weighted by atomic mass is 32.2. The van der Waals surface area contributed by atoms with Gasteiger partial charge in [-0.25, -0.2) is 17.9 Å². The molecule has 0 aliphatic heterocycles. The van der Waals surface area contributed by atoms with Crippen molar-refractivity contribution < 1.29 is 26.7 Å². The molecule has 1 heterocycles. The van der Waals surface area contributed by atoms with Crippen molar-refractivity contribution in [3.05, 3.63) is 59.4 Å². The van der Waals surface area contributed by atoms with Gasteiger partial charge >= 0.3 is 0 Å². The molecule has 0 spiro atoms. The molecule has 0 unspecified atom stereocenters. The van der Waals surface area contributed by atoms with E-state index >= 15 is 0 Å². The predicted molar refractivity (Wildman–Crippen MR) is 123 cm³/mol. The van der Waals surface area contributed by atoms with Gasteiger partial charge in [-0.3, -0.25) is 0 Å².